The van der Waals surface area contributed by atoms with E-state index in [0.717, 1.165) is 36.6 Å². The van der Waals surface area contributed by atoms with Gasteiger partial charge < -0.3 is 14.8 Å². The molecule has 0 bridgehead atoms. The average Bonchev–Trinajstić information content (AvgIpc) is 2.44. The number of rotatable bonds is 8. The first-order valence-corrected chi connectivity index (χ1v) is 7.35. The van der Waals surface area contributed by atoms with Gasteiger partial charge in [0.25, 0.3) is 0 Å². The minimum atomic E-state index is 0.144. The molecule has 3 heteroatoms. The average molecular weight is 277 g/mol. The smallest absolute Gasteiger partial charge is 0.161 e. The van der Waals surface area contributed by atoms with Crippen LogP contribution < -0.4 is 14.8 Å². The first kappa shape index (κ1) is 16.6. The molecule has 0 saturated carbocycles. The number of benzene rings is 1. The maximum atomic E-state index is 5.73. The van der Waals surface area contributed by atoms with Crippen LogP contribution in [0.5, 0.6) is 11.5 Å². The van der Waals surface area contributed by atoms with E-state index in [4.69, 9.17) is 9.47 Å². The van der Waals surface area contributed by atoms with Gasteiger partial charge in [-0.15, -0.1) is 0 Å². The molecular weight excluding hydrogens is 250 g/mol. The highest BCUT2D eigenvalue weighted by Crippen LogP contribution is 2.29. The van der Waals surface area contributed by atoms with Gasteiger partial charge in [-0.25, -0.2) is 0 Å². The van der Waals surface area contributed by atoms with Crippen molar-refractivity contribution in [2.45, 2.75) is 40.2 Å². The van der Waals surface area contributed by atoms with E-state index < -0.39 is 0 Å². The number of methoxy groups -OCH3 is 1. The second kappa shape index (κ2) is 8.64. The van der Waals surface area contributed by atoms with Crippen LogP contribution in [0, 0.1) is 0 Å². The van der Waals surface area contributed by atoms with Gasteiger partial charge in [-0.05, 0) is 44.5 Å². The van der Waals surface area contributed by atoms with Gasteiger partial charge in [0.2, 0.25) is 0 Å². The van der Waals surface area contributed by atoms with Gasteiger partial charge in [-0.3, -0.25) is 0 Å². The molecule has 0 aromatic heterocycles. The Morgan fingerprint density at radius 3 is 2.55 bits per heavy atom. The van der Waals surface area contributed by atoms with Gasteiger partial charge in [-0.2, -0.15) is 0 Å². The van der Waals surface area contributed by atoms with E-state index in [-0.39, 0.29) is 6.10 Å². The molecule has 0 heterocycles. The zero-order valence-electron chi connectivity index (χ0n) is 13.3. The van der Waals surface area contributed by atoms with E-state index in [1.807, 2.05) is 26.0 Å². The standard InChI is InChI=1S/C17H27NO2/c1-6-14(12-18-7-2)10-15-8-9-16(20-13(3)4)17(11-15)19-5/h8-11,13,18H,6-7,12H2,1-5H3. The van der Waals surface area contributed by atoms with Gasteiger partial charge >= 0.3 is 0 Å². The van der Waals surface area contributed by atoms with Gasteiger partial charge in [0, 0.05) is 6.54 Å². The molecule has 0 unspecified atom stereocenters. The van der Waals surface area contributed by atoms with Crippen molar-refractivity contribution < 1.29 is 9.47 Å². The molecule has 1 aromatic rings. The molecule has 0 atom stereocenters. The van der Waals surface area contributed by atoms with E-state index in [1.165, 1.54) is 5.57 Å². The Morgan fingerprint density at radius 1 is 1.25 bits per heavy atom. The maximum absolute atomic E-state index is 5.73. The summed E-state index contributed by atoms with van der Waals surface area (Å²) >= 11 is 0. The highest BCUT2D eigenvalue weighted by molar-refractivity contribution is 5.58. The van der Waals surface area contributed by atoms with Crippen molar-refractivity contribution in [3.63, 3.8) is 0 Å². The molecule has 0 aliphatic rings. The summed E-state index contributed by atoms with van der Waals surface area (Å²) < 4.78 is 11.1. The SMILES string of the molecule is CCNCC(=Cc1ccc(OC(C)C)c(OC)c1)CC. The molecule has 3 nitrogen and oxygen atoms in total. The van der Waals surface area contributed by atoms with E-state index in [2.05, 4.69) is 31.3 Å². The number of likely N-dealkylation sites (N-methyl/N-ethyl adjacent to an activating group) is 1. The zero-order valence-corrected chi connectivity index (χ0v) is 13.3. The summed E-state index contributed by atoms with van der Waals surface area (Å²) in [6, 6.07) is 6.08. The van der Waals surface area contributed by atoms with Gasteiger partial charge in [-0.1, -0.05) is 31.6 Å². The fourth-order valence-corrected chi connectivity index (χ4v) is 1.92. The van der Waals surface area contributed by atoms with Crippen LogP contribution >= 0.6 is 0 Å². The van der Waals surface area contributed by atoms with Crippen LogP contribution in [-0.4, -0.2) is 26.3 Å². The van der Waals surface area contributed by atoms with Crippen LogP contribution in [0.2, 0.25) is 0 Å². The van der Waals surface area contributed by atoms with Crippen molar-refractivity contribution >= 4 is 6.08 Å². The van der Waals surface area contributed by atoms with E-state index in [1.54, 1.807) is 7.11 Å². The Morgan fingerprint density at radius 2 is 2.00 bits per heavy atom. The molecule has 0 spiro atoms. The molecule has 0 aliphatic heterocycles. The third-order valence-electron chi connectivity index (χ3n) is 2.98. The normalized spacial score (nSPS) is 11.8. The lowest BCUT2D eigenvalue weighted by Gasteiger charge is -2.14. The van der Waals surface area contributed by atoms with Crippen LogP contribution in [0.1, 0.15) is 39.7 Å². The molecule has 0 aliphatic carbocycles. The zero-order chi connectivity index (χ0) is 15.0. The number of ether oxygens (including phenoxy) is 2. The van der Waals surface area contributed by atoms with Crippen molar-refractivity contribution in [1.29, 1.82) is 0 Å². The van der Waals surface area contributed by atoms with Crippen molar-refractivity contribution in [3.05, 3.63) is 29.3 Å². The summed E-state index contributed by atoms with van der Waals surface area (Å²) in [7, 11) is 1.68. The molecule has 0 fully saturated rings. The summed E-state index contributed by atoms with van der Waals surface area (Å²) in [4.78, 5) is 0. The minimum absolute atomic E-state index is 0.144. The Balaban J connectivity index is 2.93. The number of hydrogen-bond acceptors (Lipinski definition) is 3. The van der Waals surface area contributed by atoms with Crippen LogP contribution in [0.3, 0.4) is 0 Å². The van der Waals surface area contributed by atoms with Crippen molar-refractivity contribution in [2.75, 3.05) is 20.2 Å². The maximum Gasteiger partial charge on any atom is 0.161 e. The van der Waals surface area contributed by atoms with Gasteiger partial charge in [0.1, 0.15) is 0 Å². The lowest BCUT2D eigenvalue weighted by molar-refractivity contribution is 0.230. The molecular formula is C17H27NO2. The van der Waals surface area contributed by atoms with Crippen molar-refractivity contribution in [2.24, 2.45) is 0 Å². The third-order valence-corrected chi connectivity index (χ3v) is 2.98. The molecule has 0 radical (unpaired) electrons. The summed E-state index contributed by atoms with van der Waals surface area (Å²) in [5.74, 6) is 1.58. The highest BCUT2D eigenvalue weighted by Gasteiger charge is 2.07. The van der Waals surface area contributed by atoms with Crippen molar-refractivity contribution in [1.82, 2.24) is 5.32 Å². The van der Waals surface area contributed by atoms with Gasteiger partial charge in [0.05, 0.1) is 13.2 Å². The topological polar surface area (TPSA) is 30.5 Å². The molecule has 1 N–H and O–H groups in total. The quantitative estimate of drug-likeness (QED) is 0.782. The molecule has 20 heavy (non-hydrogen) atoms. The number of nitrogens with one attached hydrogen (secondary N) is 1. The van der Waals surface area contributed by atoms with Gasteiger partial charge in [0.15, 0.2) is 11.5 Å². The number of hydrogen-bond donors (Lipinski definition) is 1. The van der Waals surface area contributed by atoms with Crippen LogP contribution in [0.15, 0.2) is 23.8 Å². The van der Waals surface area contributed by atoms with E-state index >= 15 is 0 Å². The Bertz CT molecular complexity index is 439. The lowest BCUT2D eigenvalue weighted by atomic mass is 10.1. The predicted octanol–water partition coefficient (Wildman–Crippen LogP) is 3.89. The molecule has 1 rings (SSSR count). The summed E-state index contributed by atoms with van der Waals surface area (Å²) in [5.41, 5.74) is 2.53. The lowest BCUT2D eigenvalue weighted by Crippen LogP contribution is -2.15. The van der Waals surface area contributed by atoms with E-state index in [0.29, 0.717) is 0 Å². The molecule has 112 valence electrons. The second-order valence-electron chi connectivity index (χ2n) is 5.01. The molecule has 0 amide bonds. The van der Waals surface area contributed by atoms with Crippen LogP contribution in [0.4, 0.5) is 0 Å². The minimum Gasteiger partial charge on any atom is -0.493 e. The summed E-state index contributed by atoms with van der Waals surface area (Å²) in [5, 5.41) is 3.36. The fraction of sp³-hybridized carbons (Fsp3) is 0.529. The second-order valence-corrected chi connectivity index (χ2v) is 5.01. The van der Waals surface area contributed by atoms with Crippen molar-refractivity contribution in [3.8, 4) is 11.5 Å². The Kier molecular flexibility index (Phi) is 7.16. The Hall–Kier alpha value is -1.48. The summed E-state index contributed by atoms with van der Waals surface area (Å²) in [6.07, 6.45) is 3.40. The first-order chi connectivity index (χ1) is 9.60. The third kappa shape index (κ3) is 5.25. The first-order valence-electron chi connectivity index (χ1n) is 7.35. The van der Waals surface area contributed by atoms with E-state index in [9.17, 15) is 0 Å². The molecule has 0 saturated heterocycles. The van der Waals surface area contributed by atoms with Crippen LogP contribution in [-0.2, 0) is 0 Å². The largest absolute Gasteiger partial charge is 0.493 e. The van der Waals surface area contributed by atoms with Crippen LogP contribution in [0.25, 0.3) is 6.08 Å². The monoisotopic (exact) mass is 277 g/mol. The Labute approximate surface area is 123 Å². The molecule has 1 aromatic carbocycles. The highest BCUT2D eigenvalue weighted by atomic mass is 16.5. The predicted molar refractivity (Wildman–Crippen MR) is 85.6 cm³/mol. The summed E-state index contributed by atoms with van der Waals surface area (Å²) in [6.45, 7) is 10.2. The fourth-order valence-electron chi connectivity index (χ4n) is 1.92.